The zero-order valence-corrected chi connectivity index (χ0v) is 30.4. The van der Waals surface area contributed by atoms with Crippen LogP contribution in [0.5, 0.6) is 11.9 Å². The summed E-state index contributed by atoms with van der Waals surface area (Å²) in [4.78, 5) is 31.7. The molecule has 1 amide bonds. The third kappa shape index (κ3) is 5.35. The number of piperidine rings is 2. The highest BCUT2D eigenvalue weighted by Crippen LogP contribution is 2.51. The molecule has 1 aromatic carbocycles. The molecule has 1 spiro atoms. The van der Waals surface area contributed by atoms with Crippen LogP contribution in [0.2, 0.25) is 0 Å². The van der Waals surface area contributed by atoms with Gasteiger partial charge in [0.1, 0.15) is 28.0 Å². The first kappa shape index (κ1) is 33.5. The number of fused-ring (bicyclic) bond motifs is 3. The number of aromatic amines is 1. The van der Waals surface area contributed by atoms with Gasteiger partial charge in [-0.3, -0.25) is 10.00 Å². The Labute approximate surface area is 301 Å². The molecule has 0 radical (unpaired) electrons. The van der Waals surface area contributed by atoms with E-state index in [0.717, 1.165) is 79.9 Å². The van der Waals surface area contributed by atoms with E-state index in [2.05, 4.69) is 20.4 Å². The number of aryl methyl sites for hydroxylation is 1. The molecular formula is C38H47FN8O5. The zero-order valence-electron chi connectivity index (χ0n) is 30.4. The minimum Gasteiger partial charge on any atom is -0.480 e. The van der Waals surface area contributed by atoms with Gasteiger partial charge in [0.05, 0.1) is 44.6 Å². The van der Waals surface area contributed by atoms with Crippen LogP contribution in [0.25, 0.3) is 33.1 Å². The molecule has 0 unspecified atom stereocenters. The molecule has 14 heteroatoms. The van der Waals surface area contributed by atoms with Crippen LogP contribution in [0.15, 0.2) is 12.3 Å². The first-order chi connectivity index (χ1) is 25.2. The molecule has 2 saturated carbocycles. The molecule has 3 aromatic heterocycles. The first-order valence-corrected chi connectivity index (χ1v) is 18.7. The molecule has 5 fully saturated rings. The molecule has 52 heavy (non-hydrogen) atoms. The van der Waals surface area contributed by atoms with Gasteiger partial charge in [-0.1, -0.05) is 6.42 Å². The summed E-state index contributed by atoms with van der Waals surface area (Å²) in [6.45, 7) is 6.89. The zero-order chi connectivity index (χ0) is 35.8. The minimum atomic E-state index is -0.719. The lowest BCUT2D eigenvalue weighted by molar-refractivity contribution is -0.0845. The lowest BCUT2D eigenvalue weighted by atomic mass is 9.73. The van der Waals surface area contributed by atoms with Crippen molar-refractivity contribution in [2.45, 2.75) is 95.4 Å². The largest absolute Gasteiger partial charge is 0.480 e. The number of alkyl carbamates (subject to hydrolysis) is 1. The predicted octanol–water partition coefficient (Wildman–Crippen LogP) is 5.60. The monoisotopic (exact) mass is 714 g/mol. The molecule has 2 aliphatic carbocycles. The van der Waals surface area contributed by atoms with Crippen LogP contribution in [0.4, 0.5) is 15.0 Å². The van der Waals surface area contributed by atoms with E-state index in [1.165, 1.54) is 7.11 Å². The van der Waals surface area contributed by atoms with Gasteiger partial charge in [0, 0.05) is 42.1 Å². The van der Waals surface area contributed by atoms with Crippen LogP contribution in [0, 0.1) is 25.1 Å². The molecule has 6 heterocycles. The Balaban J connectivity index is 1.15. The van der Waals surface area contributed by atoms with E-state index in [4.69, 9.17) is 33.9 Å². The average Bonchev–Trinajstić information content (AvgIpc) is 3.87. The molecule has 5 aliphatic rings. The van der Waals surface area contributed by atoms with Gasteiger partial charge in [-0.25, -0.2) is 14.2 Å². The Bertz CT molecular complexity index is 2050. The topological polar surface area (TPSA) is 140 Å². The van der Waals surface area contributed by atoms with E-state index in [1.807, 2.05) is 24.8 Å². The maximum absolute atomic E-state index is 17.3. The lowest BCUT2D eigenvalue weighted by Gasteiger charge is -2.53. The Morgan fingerprint density at radius 2 is 1.90 bits per heavy atom. The first-order valence-electron chi connectivity index (χ1n) is 18.7. The number of carbonyl (C=O) groups is 1. The quantitative estimate of drug-likeness (QED) is 0.236. The molecular weight excluding hydrogens is 667 g/mol. The van der Waals surface area contributed by atoms with Gasteiger partial charge < -0.3 is 29.2 Å². The maximum Gasteiger partial charge on any atom is 0.407 e. The van der Waals surface area contributed by atoms with Crippen molar-refractivity contribution in [3.8, 4) is 23.1 Å². The van der Waals surface area contributed by atoms with E-state index < -0.39 is 17.5 Å². The minimum absolute atomic E-state index is 0.0288. The number of nitrogens with zero attached hydrogens (tertiary/aromatic N) is 6. The number of hydrogen-bond donors (Lipinski definition) is 2. The fraction of sp³-hybridized carbons (Fsp3) is 0.605. The number of rotatable bonds is 8. The normalized spacial score (nSPS) is 29.0. The van der Waals surface area contributed by atoms with E-state index >= 15 is 4.39 Å². The van der Waals surface area contributed by atoms with Crippen molar-refractivity contribution in [1.29, 1.82) is 0 Å². The number of anilines is 1. The molecule has 3 saturated heterocycles. The summed E-state index contributed by atoms with van der Waals surface area (Å²) in [6, 6.07) is 3.09. The Morgan fingerprint density at radius 3 is 2.69 bits per heavy atom. The van der Waals surface area contributed by atoms with Crippen LogP contribution >= 0.6 is 0 Å². The fourth-order valence-electron chi connectivity index (χ4n) is 9.94. The number of amides is 1. The van der Waals surface area contributed by atoms with Crippen molar-refractivity contribution in [3.05, 3.63) is 29.2 Å². The highest BCUT2D eigenvalue weighted by atomic mass is 19.1. The van der Waals surface area contributed by atoms with Gasteiger partial charge >= 0.3 is 12.1 Å². The summed E-state index contributed by atoms with van der Waals surface area (Å²) in [5.74, 6) is 0.0792. The molecule has 2 N–H and O–H groups in total. The Hall–Kier alpha value is -4.30. The number of methoxy groups -OCH3 is 2. The Kier molecular flexibility index (Phi) is 8.18. The van der Waals surface area contributed by atoms with E-state index in [-0.39, 0.29) is 28.5 Å². The SMILES string of the molecule is COc1nc(-c2c(C)c(C)cc3[nH]ncc23)c(F)c2nc(OC[C@]34CCC[C@H]3N(C3CC(OC)C3)CCC4)nc(N3CCC[C@]4(CNC(=O)O4)C3)c12. The summed E-state index contributed by atoms with van der Waals surface area (Å²) < 4.78 is 41.4. The lowest BCUT2D eigenvalue weighted by Crippen LogP contribution is -2.59. The second-order valence-electron chi connectivity index (χ2n) is 15.7. The van der Waals surface area contributed by atoms with Gasteiger partial charge in [0.15, 0.2) is 5.82 Å². The number of likely N-dealkylation sites (tertiary alicyclic amines) is 1. The van der Waals surface area contributed by atoms with Crippen molar-refractivity contribution in [2.24, 2.45) is 5.41 Å². The molecule has 4 aromatic rings. The average molecular weight is 715 g/mol. The number of pyridine rings is 1. The third-order valence-corrected chi connectivity index (χ3v) is 12.8. The maximum atomic E-state index is 17.3. The molecule has 9 rings (SSSR count). The summed E-state index contributed by atoms with van der Waals surface area (Å²) in [5, 5.41) is 11.2. The number of halogens is 1. The highest BCUT2D eigenvalue weighted by Gasteiger charge is 2.52. The number of ether oxygens (including phenoxy) is 4. The summed E-state index contributed by atoms with van der Waals surface area (Å²) in [5.41, 5.74) is 2.74. The standard InChI is InChI=1S/C38H47FN8O5/c1-21-14-26-25(17-41-45-26)28(22(21)2)31-30(39)32-29(34(42-31)50-4)33(46-12-7-11-38(19-46)18-40-36(48)52-38)44-35(43-32)51-20-37-9-5-8-27(37)47(13-6-10-37)23-15-24(16-23)49-3/h14,17,23-24,27H,5-13,15-16,18-20H2,1-4H3,(H,40,48)(H,41,45)/t23?,24?,27-,37-,38+/m1/s1. The number of benzene rings is 1. The number of H-pyrrole nitrogens is 1. The van der Waals surface area contributed by atoms with Gasteiger partial charge in [-0.2, -0.15) is 15.1 Å². The molecule has 13 nitrogen and oxygen atoms in total. The molecule has 3 aliphatic heterocycles. The van der Waals surface area contributed by atoms with Gasteiger partial charge in [0.25, 0.3) is 0 Å². The van der Waals surface area contributed by atoms with Crippen LogP contribution in [-0.2, 0) is 9.47 Å². The summed E-state index contributed by atoms with van der Waals surface area (Å²) in [7, 11) is 3.33. The number of aromatic nitrogens is 5. The van der Waals surface area contributed by atoms with Crippen molar-refractivity contribution in [2.75, 3.05) is 51.9 Å². The number of hydrogen-bond acceptors (Lipinski definition) is 11. The molecule has 276 valence electrons. The van der Waals surface area contributed by atoms with Crippen molar-refractivity contribution < 1.29 is 28.1 Å². The fourth-order valence-corrected chi connectivity index (χ4v) is 9.94. The highest BCUT2D eigenvalue weighted by molar-refractivity contribution is 6.01. The number of nitrogens with one attached hydrogen (secondary N) is 2. The third-order valence-electron chi connectivity index (χ3n) is 12.8. The van der Waals surface area contributed by atoms with Crippen LogP contribution in [0.1, 0.15) is 68.9 Å². The second-order valence-corrected chi connectivity index (χ2v) is 15.7. The van der Waals surface area contributed by atoms with Crippen molar-refractivity contribution >= 4 is 33.7 Å². The van der Waals surface area contributed by atoms with Gasteiger partial charge in [-0.15, -0.1) is 0 Å². The van der Waals surface area contributed by atoms with Gasteiger partial charge in [0.2, 0.25) is 5.88 Å². The van der Waals surface area contributed by atoms with E-state index in [9.17, 15) is 4.79 Å². The van der Waals surface area contributed by atoms with Crippen molar-refractivity contribution in [3.63, 3.8) is 0 Å². The van der Waals surface area contributed by atoms with Crippen molar-refractivity contribution in [1.82, 2.24) is 35.4 Å². The Morgan fingerprint density at radius 1 is 1.08 bits per heavy atom. The summed E-state index contributed by atoms with van der Waals surface area (Å²) >= 11 is 0. The smallest absolute Gasteiger partial charge is 0.407 e. The van der Waals surface area contributed by atoms with Crippen LogP contribution in [-0.4, -0.2) is 107 Å². The summed E-state index contributed by atoms with van der Waals surface area (Å²) in [6.07, 6.45) is 10.8. The molecule has 3 atom stereocenters. The van der Waals surface area contributed by atoms with E-state index in [1.54, 1.807) is 13.3 Å². The predicted molar refractivity (Wildman–Crippen MR) is 192 cm³/mol. The number of carbonyl (C=O) groups excluding carboxylic acids is 1. The van der Waals surface area contributed by atoms with Crippen LogP contribution in [0.3, 0.4) is 0 Å². The van der Waals surface area contributed by atoms with Crippen LogP contribution < -0.4 is 19.7 Å². The van der Waals surface area contributed by atoms with Gasteiger partial charge in [-0.05, 0) is 89.0 Å². The molecule has 0 bridgehead atoms. The second kappa shape index (κ2) is 12.7. The van der Waals surface area contributed by atoms with E-state index in [0.29, 0.717) is 67.6 Å².